The molecule has 1 aliphatic heterocycles. The SMILES string of the molecule is CNC(=O)C1(Nc2cccc(F)c2)CCN(C(=O)C2=CCCC2)C1. The smallest absolute Gasteiger partial charge is 0.249 e. The number of hydrogen-bond acceptors (Lipinski definition) is 3. The largest absolute Gasteiger partial charge is 0.370 e. The van der Waals surface area contributed by atoms with Crippen LogP contribution in [0.15, 0.2) is 35.9 Å². The molecule has 1 atom stereocenters. The van der Waals surface area contributed by atoms with E-state index in [2.05, 4.69) is 10.6 Å². The molecule has 1 fully saturated rings. The summed E-state index contributed by atoms with van der Waals surface area (Å²) in [6.07, 6.45) is 5.23. The van der Waals surface area contributed by atoms with Crippen LogP contribution in [-0.4, -0.2) is 42.4 Å². The molecule has 24 heavy (non-hydrogen) atoms. The predicted octanol–water partition coefficient (Wildman–Crippen LogP) is 2.06. The van der Waals surface area contributed by atoms with Crippen LogP contribution < -0.4 is 10.6 Å². The number of likely N-dealkylation sites (tertiary alicyclic amines) is 1. The quantitative estimate of drug-likeness (QED) is 0.888. The Labute approximate surface area is 140 Å². The van der Waals surface area contributed by atoms with Crippen LogP contribution in [0.2, 0.25) is 0 Å². The van der Waals surface area contributed by atoms with Crippen LogP contribution in [0.25, 0.3) is 0 Å². The molecule has 5 nitrogen and oxygen atoms in total. The van der Waals surface area contributed by atoms with E-state index in [1.165, 1.54) is 12.1 Å². The number of carbonyl (C=O) groups is 2. The number of nitrogens with zero attached hydrogens (tertiary/aromatic N) is 1. The van der Waals surface area contributed by atoms with E-state index in [0.717, 1.165) is 24.8 Å². The number of benzene rings is 1. The Morgan fingerprint density at radius 1 is 1.33 bits per heavy atom. The molecule has 1 aromatic carbocycles. The van der Waals surface area contributed by atoms with Gasteiger partial charge in [0.15, 0.2) is 0 Å². The Bertz CT molecular complexity index is 689. The van der Waals surface area contributed by atoms with Crippen LogP contribution in [0.4, 0.5) is 10.1 Å². The van der Waals surface area contributed by atoms with Gasteiger partial charge in [-0.25, -0.2) is 4.39 Å². The van der Waals surface area contributed by atoms with Crippen molar-refractivity contribution in [2.75, 3.05) is 25.5 Å². The number of allylic oxidation sites excluding steroid dienone is 1. The van der Waals surface area contributed by atoms with E-state index >= 15 is 0 Å². The molecular weight excluding hydrogens is 309 g/mol. The van der Waals surface area contributed by atoms with Crippen LogP contribution in [0.1, 0.15) is 25.7 Å². The number of anilines is 1. The van der Waals surface area contributed by atoms with Gasteiger partial charge in [-0.1, -0.05) is 12.1 Å². The number of amides is 2. The number of rotatable bonds is 4. The van der Waals surface area contributed by atoms with Crippen molar-refractivity contribution in [3.05, 3.63) is 41.7 Å². The first-order chi connectivity index (χ1) is 11.5. The second-order valence-electron chi connectivity index (χ2n) is 6.39. The van der Waals surface area contributed by atoms with E-state index in [-0.39, 0.29) is 24.2 Å². The van der Waals surface area contributed by atoms with E-state index in [1.807, 2.05) is 6.08 Å². The average Bonchev–Trinajstić information content (AvgIpc) is 3.24. The molecule has 6 heteroatoms. The Hall–Kier alpha value is -2.37. The van der Waals surface area contributed by atoms with Gasteiger partial charge in [0, 0.05) is 24.9 Å². The van der Waals surface area contributed by atoms with Crippen LogP contribution in [0.5, 0.6) is 0 Å². The van der Waals surface area contributed by atoms with Crippen molar-refractivity contribution in [2.45, 2.75) is 31.2 Å². The van der Waals surface area contributed by atoms with E-state index < -0.39 is 5.54 Å². The molecule has 2 aliphatic rings. The monoisotopic (exact) mass is 331 g/mol. The Morgan fingerprint density at radius 3 is 2.83 bits per heavy atom. The van der Waals surface area contributed by atoms with Crippen molar-refractivity contribution >= 4 is 17.5 Å². The van der Waals surface area contributed by atoms with E-state index in [4.69, 9.17) is 0 Å². The molecule has 1 aromatic rings. The Balaban J connectivity index is 1.80. The van der Waals surface area contributed by atoms with Crippen molar-refractivity contribution in [3.8, 4) is 0 Å². The zero-order valence-electron chi connectivity index (χ0n) is 13.8. The highest BCUT2D eigenvalue weighted by Gasteiger charge is 2.46. The number of carbonyl (C=O) groups excluding carboxylic acids is 2. The molecule has 2 N–H and O–H groups in total. The van der Waals surface area contributed by atoms with E-state index in [1.54, 1.807) is 24.1 Å². The summed E-state index contributed by atoms with van der Waals surface area (Å²) >= 11 is 0. The fourth-order valence-corrected chi connectivity index (χ4v) is 3.48. The lowest BCUT2D eigenvalue weighted by atomic mass is 9.96. The maximum Gasteiger partial charge on any atom is 0.249 e. The minimum atomic E-state index is -0.933. The molecule has 2 amide bonds. The predicted molar refractivity (Wildman–Crippen MR) is 90.0 cm³/mol. The van der Waals surface area contributed by atoms with Crippen LogP contribution in [0.3, 0.4) is 0 Å². The normalized spacial score (nSPS) is 23.1. The molecular formula is C18H22FN3O2. The van der Waals surface area contributed by atoms with Gasteiger partial charge in [0.1, 0.15) is 11.4 Å². The van der Waals surface area contributed by atoms with Crippen molar-refractivity contribution in [2.24, 2.45) is 0 Å². The van der Waals surface area contributed by atoms with Gasteiger partial charge >= 0.3 is 0 Å². The molecule has 0 bridgehead atoms. The minimum absolute atomic E-state index is 0.0133. The van der Waals surface area contributed by atoms with Gasteiger partial charge in [-0.15, -0.1) is 0 Å². The third kappa shape index (κ3) is 3.13. The zero-order chi connectivity index (χ0) is 17.2. The Morgan fingerprint density at radius 2 is 2.17 bits per heavy atom. The molecule has 0 aromatic heterocycles. The zero-order valence-corrected chi connectivity index (χ0v) is 13.8. The van der Waals surface area contributed by atoms with Crippen LogP contribution >= 0.6 is 0 Å². The average molecular weight is 331 g/mol. The van der Waals surface area contributed by atoms with Gasteiger partial charge in [-0.05, 0) is 43.9 Å². The maximum absolute atomic E-state index is 13.4. The highest BCUT2D eigenvalue weighted by molar-refractivity contribution is 5.96. The molecule has 1 heterocycles. The third-order valence-corrected chi connectivity index (χ3v) is 4.74. The van der Waals surface area contributed by atoms with Gasteiger partial charge in [-0.2, -0.15) is 0 Å². The van der Waals surface area contributed by atoms with E-state index in [0.29, 0.717) is 18.7 Å². The van der Waals surface area contributed by atoms with Crippen molar-refractivity contribution in [1.29, 1.82) is 0 Å². The summed E-state index contributed by atoms with van der Waals surface area (Å²) in [6.45, 7) is 0.783. The molecule has 1 unspecified atom stereocenters. The molecule has 0 radical (unpaired) electrons. The standard InChI is InChI=1S/C18H22FN3O2/c1-20-17(24)18(21-15-8-4-7-14(19)11-15)9-10-22(12-18)16(23)13-5-2-3-6-13/h4-5,7-8,11,21H,2-3,6,9-10,12H2,1H3,(H,20,24). The van der Waals surface area contributed by atoms with Crippen molar-refractivity contribution in [3.63, 3.8) is 0 Å². The number of nitrogens with one attached hydrogen (secondary N) is 2. The molecule has 0 spiro atoms. The maximum atomic E-state index is 13.4. The lowest BCUT2D eigenvalue weighted by molar-refractivity contribution is -0.127. The topological polar surface area (TPSA) is 61.4 Å². The lowest BCUT2D eigenvalue weighted by Gasteiger charge is -2.30. The third-order valence-electron chi connectivity index (χ3n) is 4.74. The number of likely N-dealkylation sites (N-methyl/N-ethyl adjacent to an activating group) is 1. The van der Waals surface area contributed by atoms with Crippen LogP contribution in [-0.2, 0) is 9.59 Å². The number of halogens is 1. The van der Waals surface area contributed by atoms with Gasteiger partial charge in [-0.3, -0.25) is 9.59 Å². The molecule has 0 saturated carbocycles. The van der Waals surface area contributed by atoms with Crippen molar-refractivity contribution < 1.29 is 14.0 Å². The number of hydrogen-bond donors (Lipinski definition) is 2. The van der Waals surface area contributed by atoms with E-state index in [9.17, 15) is 14.0 Å². The molecule has 128 valence electrons. The summed E-state index contributed by atoms with van der Waals surface area (Å²) in [7, 11) is 1.57. The van der Waals surface area contributed by atoms with Gasteiger partial charge in [0.05, 0.1) is 6.54 Å². The second kappa shape index (κ2) is 6.63. The van der Waals surface area contributed by atoms with Gasteiger partial charge in [0.2, 0.25) is 11.8 Å². The summed E-state index contributed by atoms with van der Waals surface area (Å²) in [4.78, 5) is 26.8. The highest BCUT2D eigenvalue weighted by atomic mass is 19.1. The summed E-state index contributed by atoms with van der Waals surface area (Å²) in [5.41, 5.74) is 0.443. The van der Waals surface area contributed by atoms with Crippen LogP contribution in [0, 0.1) is 5.82 Å². The first-order valence-electron chi connectivity index (χ1n) is 8.28. The molecule has 1 aliphatic carbocycles. The fraction of sp³-hybridized carbons (Fsp3) is 0.444. The lowest BCUT2D eigenvalue weighted by Crippen LogP contribution is -2.54. The molecule has 1 saturated heterocycles. The second-order valence-corrected chi connectivity index (χ2v) is 6.39. The first-order valence-corrected chi connectivity index (χ1v) is 8.28. The highest BCUT2D eigenvalue weighted by Crippen LogP contribution is 2.29. The summed E-state index contributed by atoms with van der Waals surface area (Å²) in [5, 5.41) is 5.82. The minimum Gasteiger partial charge on any atom is -0.370 e. The fourth-order valence-electron chi connectivity index (χ4n) is 3.48. The summed E-state index contributed by atoms with van der Waals surface area (Å²) in [6, 6.07) is 6.03. The summed E-state index contributed by atoms with van der Waals surface area (Å²) < 4.78 is 13.4. The van der Waals surface area contributed by atoms with Gasteiger partial charge in [0.25, 0.3) is 0 Å². The summed E-state index contributed by atoms with van der Waals surface area (Å²) in [5.74, 6) is -0.545. The Kier molecular flexibility index (Phi) is 4.55. The van der Waals surface area contributed by atoms with Crippen molar-refractivity contribution in [1.82, 2.24) is 10.2 Å². The van der Waals surface area contributed by atoms with Gasteiger partial charge < -0.3 is 15.5 Å². The first kappa shape index (κ1) is 16.5. The molecule has 3 rings (SSSR count).